The van der Waals surface area contributed by atoms with Gasteiger partial charge < -0.3 is 23.7 Å². The molecule has 2 aliphatic heterocycles. The number of carbonyl (C=O) groups excluding carboxylic acids is 1. The zero-order valence-corrected chi connectivity index (χ0v) is 22.3. The number of allylic oxidation sites excluding steroid dienone is 1. The lowest BCUT2D eigenvalue weighted by atomic mass is 9.95. The summed E-state index contributed by atoms with van der Waals surface area (Å²) < 4.78 is 19.1. The second-order valence-corrected chi connectivity index (χ2v) is 10.2. The number of thiazole rings is 1. The summed E-state index contributed by atoms with van der Waals surface area (Å²) in [6.07, 6.45) is 1.75. The second-order valence-electron chi connectivity index (χ2n) is 9.16. The molecule has 1 aromatic carbocycles. The molecule has 1 atom stereocenters. The molecule has 0 spiro atoms. The number of carbonyl (C=O) groups is 1. The zero-order chi connectivity index (χ0) is 26.1. The van der Waals surface area contributed by atoms with Crippen LogP contribution in [0.5, 0.6) is 5.75 Å². The predicted molar refractivity (Wildman–Crippen MR) is 141 cm³/mol. The Morgan fingerprint density at radius 1 is 1.24 bits per heavy atom. The molecule has 10 heteroatoms. The highest BCUT2D eigenvalue weighted by atomic mass is 32.1. The molecule has 4 heterocycles. The minimum absolute atomic E-state index is 0.216. The van der Waals surface area contributed by atoms with Crippen LogP contribution in [-0.4, -0.2) is 57.5 Å². The lowest BCUT2D eigenvalue weighted by Crippen LogP contribution is -3.12. The standard InChI is InChI=1S/C27H30N4O5S/c1-5-35-26(33)23-17(2)28-27-31(24(23)19-8-6-7-9-20(19)34-4)25(32)21(37-27)16-18-10-11-22(36-18)30-14-12-29(3)13-15-30/h6-11,16,24H,5,12-15H2,1-4H3/p+1/b21-16+/t24-/m0/s1. The van der Waals surface area contributed by atoms with E-state index in [0.717, 1.165) is 32.1 Å². The van der Waals surface area contributed by atoms with Gasteiger partial charge in [-0.25, -0.2) is 9.79 Å². The van der Waals surface area contributed by atoms with Gasteiger partial charge in [-0.05, 0) is 26.0 Å². The quantitative estimate of drug-likeness (QED) is 0.480. The van der Waals surface area contributed by atoms with Gasteiger partial charge in [-0.1, -0.05) is 29.5 Å². The maximum Gasteiger partial charge on any atom is 0.338 e. The summed E-state index contributed by atoms with van der Waals surface area (Å²) in [7, 11) is 3.76. The van der Waals surface area contributed by atoms with Crippen LogP contribution in [0.2, 0.25) is 0 Å². The Balaban J connectivity index is 1.61. The molecule has 1 saturated heterocycles. The number of hydrogen-bond acceptors (Lipinski definition) is 8. The van der Waals surface area contributed by atoms with Crippen LogP contribution in [-0.2, 0) is 9.53 Å². The smallest absolute Gasteiger partial charge is 0.338 e. The average Bonchev–Trinajstić information content (AvgIpc) is 3.48. The number of methoxy groups -OCH3 is 1. The van der Waals surface area contributed by atoms with Crippen molar-refractivity contribution in [3.63, 3.8) is 0 Å². The van der Waals surface area contributed by atoms with Crippen molar-refractivity contribution in [3.8, 4) is 5.75 Å². The monoisotopic (exact) mass is 523 g/mol. The molecule has 0 radical (unpaired) electrons. The molecule has 0 saturated carbocycles. The average molecular weight is 524 g/mol. The number of nitrogens with one attached hydrogen (secondary N) is 1. The van der Waals surface area contributed by atoms with Gasteiger partial charge in [0.25, 0.3) is 5.56 Å². The van der Waals surface area contributed by atoms with Crippen molar-refractivity contribution in [1.82, 2.24) is 4.57 Å². The van der Waals surface area contributed by atoms with E-state index in [1.165, 1.54) is 16.2 Å². The van der Waals surface area contributed by atoms with E-state index in [4.69, 9.17) is 13.9 Å². The van der Waals surface area contributed by atoms with Crippen LogP contribution in [0.4, 0.5) is 5.88 Å². The van der Waals surface area contributed by atoms with Gasteiger partial charge in [-0.15, -0.1) is 0 Å². The van der Waals surface area contributed by atoms with E-state index >= 15 is 0 Å². The molecule has 0 bridgehead atoms. The third-order valence-corrected chi connectivity index (χ3v) is 7.75. The van der Waals surface area contributed by atoms with Gasteiger partial charge in [0.2, 0.25) is 0 Å². The molecule has 37 heavy (non-hydrogen) atoms. The van der Waals surface area contributed by atoms with Crippen molar-refractivity contribution in [2.75, 3.05) is 51.8 Å². The van der Waals surface area contributed by atoms with Crippen molar-refractivity contribution in [1.29, 1.82) is 0 Å². The van der Waals surface area contributed by atoms with Gasteiger partial charge in [-0.3, -0.25) is 9.36 Å². The third kappa shape index (κ3) is 4.74. The molecule has 2 aliphatic rings. The van der Waals surface area contributed by atoms with Crippen LogP contribution in [0.3, 0.4) is 0 Å². The van der Waals surface area contributed by atoms with E-state index in [2.05, 4.69) is 16.9 Å². The summed E-state index contributed by atoms with van der Waals surface area (Å²) >= 11 is 1.27. The number of likely N-dealkylation sites (N-methyl/N-ethyl adjacent to an activating group) is 1. The van der Waals surface area contributed by atoms with Crippen LogP contribution < -0.4 is 29.4 Å². The lowest BCUT2D eigenvalue weighted by molar-refractivity contribution is -0.880. The highest BCUT2D eigenvalue weighted by molar-refractivity contribution is 7.07. The summed E-state index contributed by atoms with van der Waals surface area (Å²) in [5, 5.41) is 0. The van der Waals surface area contributed by atoms with Gasteiger partial charge in [0.15, 0.2) is 10.7 Å². The van der Waals surface area contributed by atoms with Crippen LogP contribution in [0.25, 0.3) is 6.08 Å². The fourth-order valence-electron chi connectivity index (χ4n) is 4.81. The van der Waals surface area contributed by atoms with E-state index in [9.17, 15) is 9.59 Å². The maximum absolute atomic E-state index is 13.8. The summed E-state index contributed by atoms with van der Waals surface area (Å²) in [5.74, 6) is 1.47. The fourth-order valence-corrected chi connectivity index (χ4v) is 5.83. The number of esters is 1. The Morgan fingerprint density at radius 2 is 2.00 bits per heavy atom. The number of quaternary nitrogens is 1. The molecule has 0 aliphatic carbocycles. The Labute approximate surface area is 218 Å². The van der Waals surface area contributed by atoms with Gasteiger partial charge in [0.1, 0.15) is 17.6 Å². The van der Waals surface area contributed by atoms with E-state index in [1.54, 1.807) is 31.6 Å². The molecule has 0 amide bonds. The minimum atomic E-state index is -0.728. The van der Waals surface area contributed by atoms with Gasteiger partial charge >= 0.3 is 5.97 Å². The first-order valence-electron chi connectivity index (χ1n) is 12.4. The topological polar surface area (TPSA) is 90.7 Å². The Bertz CT molecular complexity index is 1520. The predicted octanol–water partition coefficient (Wildman–Crippen LogP) is 0.735. The second kappa shape index (κ2) is 10.4. The molecule has 2 aromatic heterocycles. The summed E-state index contributed by atoms with van der Waals surface area (Å²) in [5.41, 5.74) is 1.27. The molecular weight excluding hydrogens is 492 g/mol. The molecule has 1 fully saturated rings. The van der Waals surface area contributed by atoms with E-state index in [0.29, 0.717) is 37.7 Å². The largest absolute Gasteiger partial charge is 0.496 e. The van der Waals surface area contributed by atoms with Gasteiger partial charge in [0, 0.05) is 17.7 Å². The number of aromatic nitrogens is 1. The van der Waals surface area contributed by atoms with Crippen LogP contribution in [0, 0.1) is 0 Å². The molecule has 9 nitrogen and oxygen atoms in total. The Kier molecular flexibility index (Phi) is 7.03. The normalized spacial score (nSPS) is 18.5. The lowest BCUT2D eigenvalue weighted by Gasteiger charge is -2.29. The van der Waals surface area contributed by atoms with Crippen molar-refractivity contribution >= 4 is 29.3 Å². The molecule has 5 rings (SSSR count). The zero-order valence-electron chi connectivity index (χ0n) is 21.4. The number of nitrogens with zero attached hydrogens (tertiary/aromatic N) is 3. The third-order valence-electron chi connectivity index (χ3n) is 6.77. The number of para-hydroxylation sites is 1. The first-order valence-corrected chi connectivity index (χ1v) is 13.2. The highest BCUT2D eigenvalue weighted by Gasteiger charge is 2.35. The number of benzene rings is 1. The van der Waals surface area contributed by atoms with Crippen LogP contribution >= 0.6 is 11.3 Å². The highest BCUT2D eigenvalue weighted by Crippen LogP contribution is 2.35. The Hall–Kier alpha value is -3.63. The minimum Gasteiger partial charge on any atom is -0.496 e. The molecule has 3 aromatic rings. The molecular formula is C27H31N4O5S+. The summed E-state index contributed by atoms with van der Waals surface area (Å²) in [4.78, 5) is 35.7. The first kappa shape index (κ1) is 25.0. The Morgan fingerprint density at radius 3 is 2.73 bits per heavy atom. The van der Waals surface area contributed by atoms with E-state index in [1.807, 2.05) is 36.4 Å². The number of rotatable bonds is 6. The summed E-state index contributed by atoms with van der Waals surface area (Å²) in [6.45, 7) is 7.70. The summed E-state index contributed by atoms with van der Waals surface area (Å²) in [6, 6.07) is 10.5. The van der Waals surface area contributed by atoms with Gasteiger partial charge in [-0.2, -0.15) is 0 Å². The fraction of sp³-hybridized carbons (Fsp3) is 0.370. The van der Waals surface area contributed by atoms with E-state index in [-0.39, 0.29) is 12.2 Å². The number of piperazine rings is 1. The molecule has 0 unspecified atom stereocenters. The van der Waals surface area contributed by atoms with E-state index < -0.39 is 12.0 Å². The number of ether oxygens (including phenoxy) is 2. The number of furan rings is 1. The number of anilines is 1. The first-order chi connectivity index (χ1) is 17.9. The molecule has 194 valence electrons. The van der Waals surface area contributed by atoms with Crippen molar-refractivity contribution in [3.05, 3.63) is 78.7 Å². The van der Waals surface area contributed by atoms with Gasteiger partial charge in [0.05, 0.1) is 62.7 Å². The number of fused-ring (bicyclic) bond motifs is 1. The van der Waals surface area contributed by atoms with Crippen molar-refractivity contribution in [2.45, 2.75) is 19.9 Å². The maximum atomic E-state index is 13.8. The SMILES string of the molecule is CCOC(=O)C1=C(C)N=c2s/c(=C/c3ccc(N4CC[NH+](C)CC4)o3)c(=O)n2[C@H]1c1ccccc1OC. The van der Waals surface area contributed by atoms with Crippen LogP contribution in [0.1, 0.15) is 31.2 Å². The molecule has 1 N–H and O–H groups in total. The van der Waals surface area contributed by atoms with Crippen molar-refractivity contribution < 1.29 is 23.6 Å². The van der Waals surface area contributed by atoms with Crippen LogP contribution in [0.15, 0.2) is 61.9 Å². The van der Waals surface area contributed by atoms with Crippen molar-refractivity contribution in [2.24, 2.45) is 4.99 Å². The number of hydrogen-bond donors (Lipinski definition) is 1.